The molecule has 0 aliphatic carbocycles. The van der Waals surface area contributed by atoms with Gasteiger partial charge in [-0.2, -0.15) is 0 Å². The first-order valence-corrected chi connectivity index (χ1v) is 3.33. The van der Waals surface area contributed by atoms with Crippen LogP contribution in [0, 0.1) is 0 Å². The van der Waals surface area contributed by atoms with Crippen molar-refractivity contribution < 1.29 is 30.3 Å². The Balaban J connectivity index is 0. The predicted molar refractivity (Wildman–Crippen MR) is 42.9 cm³/mol. The zero-order valence-electron chi connectivity index (χ0n) is 6.95. The summed E-state index contributed by atoms with van der Waals surface area (Å²) in [7, 11) is 0. The zero-order chi connectivity index (χ0) is 9.72. The van der Waals surface area contributed by atoms with Crippen LogP contribution in [0.3, 0.4) is 0 Å². The summed E-state index contributed by atoms with van der Waals surface area (Å²) in [5.41, 5.74) is 0. The number of carbonyl (C=O) groups is 1. The summed E-state index contributed by atoms with van der Waals surface area (Å²) in [6.45, 7) is -0.760. The second-order valence-electron chi connectivity index (χ2n) is 2.36. The molecule has 74 valence electrons. The first-order chi connectivity index (χ1) is 5.54. The van der Waals surface area contributed by atoms with Crippen LogP contribution in [0.25, 0.3) is 0 Å². The maximum Gasteiger partial charge on any atom is 0.151 e. The average molecular weight is 220 g/mol. The van der Waals surface area contributed by atoms with Gasteiger partial charge in [-0.25, -0.2) is 0 Å². The summed E-state index contributed by atoms with van der Waals surface area (Å²) < 4.78 is 0. The molecule has 0 aliphatic heterocycles. The summed E-state index contributed by atoms with van der Waals surface area (Å²) in [6.07, 6.45) is -6.84. The van der Waals surface area contributed by atoms with Gasteiger partial charge in [0.05, 0.1) is 6.61 Å². The maximum atomic E-state index is 9.90. The average Bonchev–Trinajstić information content (AvgIpc) is 2.12. The molecular weight excluding hydrogens is 208 g/mol. The SMILES string of the molecule is O=C[C@H](O)[C@@H](O)[C@H](O)[C@H](O)CO.[Ca]. The second-order valence-corrected chi connectivity index (χ2v) is 2.36. The van der Waals surface area contributed by atoms with E-state index in [0.717, 1.165) is 0 Å². The van der Waals surface area contributed by atoms with Crippen molar-refractivity contribution in [2.75, 3.05) is 6.61 Å². The minimum atomic E-state index is -1.79. The van der Waals surface area contributed by atoms with Crippen LogP contribution in [0.1, 0.15) is 0 Å². The van der Waals surface area contributed by atoms with Crippen LogP contribution in [0.4, 0.5) is 0 Å². The van der Waals surface area contributed by atoms with E-state index in [2.05, 4.69) is 0 Å². The Morgan fingerprint density at radius 2 is 1.54 bits per heavy atom. The first-order valence-electron chi connectivity index (χ1n) is 3.33. The van der Waals surface area contributed by atoms with E-state index in [1.807, 2.05) is 0 Å². The minimum absolute atomic E-state index is 0. The molecule has 0 unspecified atom stereocenters. The fraction of sp³-hybridized carbons (Fsp3) is 0.833. The van der Waals surface area contributed by atoms with Crippen molar-refractivity contribution in [3.63, 3.8) is 0 Å². The van der Waals surface area contributed by atoms with Crippen molar-refractivity contribution in [1.29, 1.82) is 0 Å². The molecule has 0 spiro atoms. The van der Waals surface area contributed by atoms with Gasteiger partial charge in [-0.1, -0.05) is 0 Å². The first kappa shape index (κ1) is 16.2. The van der Waals surface area contributed by atoms with Gasteiger partial charge in [0.15, 0.2) is 6.29 Å². The van der Waals surface area contributed by atoms with Gasteiger partial charge < -0.3 is 30.3 Å². The van der Waals surface area contributed by atoms with Crippen LogP contribution in [0.2, 0.25) is 0 Å². The Hall–Kier alpha value is 0.730. The van der Waals surface area contributed by atoms with Crippen molar-refractivity contribution in [3.05, 3.63) is 0 Å². The van der Waals surface area contributed by atoms with Crippen molar-refractivity contribution in [1.82, 2.24) is 0 Å². The summed E-state index contributed by atoms with van der Waals surface area (Å²) in [4.78, 5) is 9.90. The molecule has 0 aromatic rings. The van der Waals surface area contributed by atoms with Gasteiger partial charge in [0.2, 0.25) is 0 Å². The standard InChI is InChI=1S/C6H12O6.Ca/c7-1-3(9)5(11)6(12)4(10)2-8;/h1,3-6,8-12H,2H2;/t3-,4+,5+,6+;/m0./s1. The maximum absolute atomic E-state index is 9.90. The van der Waals surface area contributed by atoms with Crippen LogP contribution < -0.4 is 0 Å². The van der Waals surface area contributed by atoms with Crippen LogP contribution in [0.15, 0.2) is 0 Å². The molecule has 4 atom stereocenters. The van der Waals surface area contributed by atoms with Gasteiger partial charge in [-0.05, 0) is 0 Å². The summed E-state index contributed by atoms with van der Waals surface area (Å²) in [6, 6.07) is 0. The molecule has 0 rings (SSSR count). The normalized spacial score (nSPS) is 19.5. The minimum Gasteiger partial charge on any atom is -0.394 e. The van der Waals surface area contributed by atoms with Gasteiger partial charge in [-0.3, -0.25) is 0 Å². The van der Waals surface area contributed by atoms with Gasteiger partial charge in [0.25, 0.3) is 0 Å². The van der Waals surface area contributed by atoms with Crippen molar-refractivity contribution in [2.24, 2.45) is 0 Å². The largest absolute Gasteiger partial charge is 0.394 e. The Morgan fingerprint density at radius 3 is 1.85 bits per heavy atom. The molecule has 2 radical (unpaired) electrons. The fourth-order valence-corrected chi connectivity index (χ4v) is 0.618. The number of carbonyl (C=O) groups excluding carboxylic acids is 1. The third-order valence-electron chi connectivity index (χ3n) is 1.42. The van der Waals surface area contributed by atoms with Crippen LogP contribution >= 0.6 is 0 Å². The van der Waals surface area contributed by atoms with Gasteiger partial charge in [0.1, 0.15) is 24.4 Å². The molecule has 13 heavy (non-hydrogen) atoms. The van der Waals surface area contributed by atoms with Gasteiger partial charge >= 0.3 is 0 Å². The fourth-order valence-electron chi connectivity index (χ4n) is 0.618. The predicted octanol–water partition coefficient (Wildman–Crippen LogP) is -3.76. The molecule has 0 heterocycles. The Labute approximate surface area is 105 Å². The number of hydrogen-bond acceptors (Lipinski definition) is 6. The van der Waals surface area contributed by atoms with Crippen LogP contribution in [-0.4, -0.2) is 101 Å². The van der Waals surface area contributed by atoms with E-state index in [4.69, 9.17) is 25.5 Å². The second kappa shape index (κ2) is 8.07. The summed E-state index contributed by atoms with van der Waals surface area (Å²) in [5.74, 6) is 0. The van der Waals surface area contributed by atoms with Gasteiger partial charge in [-0.15, -0.1) is 0 Å². The number of aliphatic hydroxyl groups is 5. The quantitative estimate of drug-likeness (QED) is 0.240. The number of hydrogen-bond donors (Lipinski definition) is 5. The monoisotopic (exact) mass is 220 g/mol. The summed E-state index contributed by atoms with van der Waals surface area (Å²) >= 11 is 0. The molecule has 0 amide bonds. The molecule has 0 aromatic carbocycles. The third kappa shape index (κ3) is 5.24. The van der Waals surface area contributed by atoms with E-state index in [-0.39, 0.29) is 44.0 Å². The molecule has 0 saturated carbocycles. The van der Waals surface area contributed by atoms with E-state index in [9.17, 15) is 4.79 Å². The molecule has 0 aliphatic rings. The van der Waals surface area contributed by atoms with E-state index in [1.165, 1.54) is 0 Å². The number of rotatable bonds is 5. The molecule has 0 fully saturated rings. The molecule has 0 bridgehead atoms. The molecule has 6 nitrogen and oxygen atoms in total. The molecular formula is C6H12CaO6. The Kier molecular flexibility index (Phi) is 10.0. The van der Waals surface area contributed by atoms with E-state index >= 15 is 0 Å². The molecule has 0 saturated heterocycles. The topological polar surface area (TPSA) is 118 Å². The summed E-state index contributed by atoms with van der Waals surface area (Å²) in [5, 5.41) is 43.5. The van der Waals surface area contributed by atoms with Crippen molar-refractivity contribution in [2.45, 2.75) is 24.4 Å². The van der Waals surface area contributed by atoms with Crippen molar-refractivity contribution in [3.8, 4) is 0 Å². The molecule has 7 heteroatoms. The van der Waals surface area contributed by atoms with E-state index in [1.54, 1.807) is 0 Å². The van der Waals surface area contributed by atoms with E-state index < -0.39 is 31.0 Å². The van der Waals surface area contributed by atoms with Crippen LogP contribution in [0.5, 0.6) is 0 Å². The number of aliphatic hydroxyl groups excluding tert-OH is 5. The Morgan fingerprint density at radius 1 is 1.08 bits per heavy atom. The van der Waals surface area contributed by atoms with Gasteiger partial charge in [0, 0.05) is 37.7 Å². The Bertz CT molecular complexity index is 143. The van der Waals surface area contributed by atoms with Crippen molar-refractivity contribution >= 4 is 44.0 Å². The third-order valence-corrected chi connectivity index (χ3v) is 1.42. The van der Waals surface area contributed by atoms with Crippen LogP contribution in [-0.2, 0) is 4.79 Å². The molecule has 0 aromatic heterocycles. The number of aldehydes is 1. The molecule has 5 N–H and O–H groups in total. The zero-order valence-corrected chi connectivity index (χ0v) is 9.15. The smallest absolute Gasteiger partial charge is 0.151 e. The van der Waals surface area contributed by atoms with E-state index in [0.29, 0.717) is 0 Å².